The Morgan fingerprint density at radius 3 is 2.45 bits per heavy atom. The Morgan fingerprint density at radius 2 is 1.77 bits per heavy atom. The van der Waals surface area contributed by atoms with E-state index in [1.54, 1.807) is 20.2 Å². The molecule has 0 N–H and O–H groups in total. The van der Waals surface area contributed by atoms with E-state index < -0.39 is 10.0 Å². The number of hydrogen-bond donors (Lipinski definition) is 0. The second-order valence-electron chi connectivity index (χ2n) is 5.57. The maximum atomic E-state index is 12.7. The van der Waals surface area contributed by atoms with Gasteiger partial charge in [-0.1, -0.05) is 0 Å². The van der Waals surface area contributed by atoms with Crippen molar-refractivity contribution < 1.29 is 18.0 Å². The molecule has 2 amide bonds. The smallest absolute Gasteiger partial charge is 0.243 e. The number of likely N-dealkylation sites (N-methyl/N-ethyl adjacent to an activating group) is 2. The molecule has 0 unspecified atom stereocenters. The van der Waals surface area contributed by atoms with Gasteiger partial charge < -0.3 is 9.80 Å². The normalized spacial score (nSPS) is 19.7. The average molecular weight is 323 g/mol. The Bertz CT molecular complexity index is 759. The lowest BCUT2D eigenvalue weighted by molar-refractivity contribution is -0.132. The fourth-order valence-corrected chi connectivity index (χ4v) is 4.13. The van der Waals surface area contributed by atoms with Gasteiger partial charge in [-0.3, -0.25) is 9.59 Å². The molecule has 3 rings (SSSR count). The summed E-state index contributed by atoms with van der Waals surface area (Å²) in [7, 11) is -0.395. The zero-order valence-corrected chi connectivity index (χ0v) is 13.3. The monoisotopic (exact) mass is 323 g/mol. The van der Waals surface area contributed by atoms with Crippen LogP contribution in [0.15, 0.2) is 23.1 Å². The zero-order valence-electron chi connectivity index (χ0n) is 12.4. The number of carbonyl (C=O) groups excluding carboxylic acids is 2. The van der Waals surface area contributed by atoms with Crippen molar-refractivity contribution in [1.82, 2.24) is 9.21 Å². The Balaban J connectivity index is 1.93. The summed E-state index contributed by atoms with van der Waals surface area (Å²) in [5.41, 5.74) is 1.44. The topological polar surface area (TPSA) is 78.0 Å². The number of fused-ring (bicyclic) bond motifs is 1. The number of rotatable bonds is 2. The second-order valence-corrected chi connectivity index (χ2v) is 7.51. The van der Waals surface area contributed by atoms with Gasteiger partial charge in [-0.2, -0.15) is 4.31 Å². The van der Waals surface area contributed by atoms with Gasteiger partial charge >= 0.3 is 0 Å². The third-order valence-corrected chi connectivity index (χ3v) is 6.03. The highest BCUT2D eigenvalue weighted by atomic mass is 32.2. The molecular weight excluding hydrogens is 306 g/mol. The SMILES string of the molecule is CN1CCN(S(=O)(=O)c2ccc3c(c2)CC(=O)N3C)CC1=O. The second kappa shape index (κ2) is 5.06. The summed E-state index contributed by atoms with van der Waals surface area (Å²) in [5, 5.41) is 0. The predicted octanol–water partition coefficient (Wildman–Crippen LogP) is -0.332. The number of sulfonamides is 1. The van der Waals surface area contributed by atoms with Crippen molar-refractivity contribution in [3.8, 4) is 0 Å². The van der Waals surface area contributed by atoms with Crippen molar-refractivity contribution >= 4 is 27.5 Å². The molecule has 1 aromatic carbocycles. The molecular formula is C14H17N3O4S. The zero-order chi connectivity index (χ0) is 16.1. The molecule has 2 heterocycles. The lowest BCUT2D eigenvalue weighted by atomic mass is 10.2. The summed E-state index contributed by atoms with van der Waals surface area (Å²) in [6, 6.07) is 4.67. The summed E-state index contributed by atoms with van der Waals surface area (Å²) in [4.78, 5) is 26.6. The van der Waals surface area contributed by atoms with Gasteiger partial charge in [-0.05, 0) is 23.8 Å². The van der Waals surface area contributed by atoms with Crippen LogP contribution in [0.25, 0.3) is 0 Å². The Kier molecular flexibility index (Phi) is 3.45. The number of carbonyl (C=O) groups is 2. The van der Waals surface area contributed by atoms with Gasteiger partial charge in [0.1, 0.15) is 0 Å². The maximum Gasteiger partial charge on any atom is 0.243 e. The molecule has 1 fully saturated rings. The molecule has 0 spiro atoms. The van der Waals surface area contributed by atoms with Crippen LogP contribution in [0.1, 0.15) is 5.56 Å². The number of nitrogens with zero attached hydrogens (tertiary/aromatic N) is 3. The van der Waals surface area contributed by atoms with Crippen LogP contribution in [-0.2, 0) is 26.0 Å². The van der Waals surface area contributed by atoms with E-state index in [9.17, 15) is 18.0 Å². The molecule has 2 aliphatic rings. The van der Waals surface area contributed by atoms with Crippen LogP contribution < -0.4 is 4.90 Å². The summed E-state index contributed by atoms with van der Waals surface area (Å²) in [5.74, 6) is -0.273. The van der Waals surface area contributed by atoms with Crippen molar-refractivity contribution in [2.45, 2.75) is 11.3 Å². The highest BCUT2D eigenvalue weighted by Gasteiger charge is 2.33. The number of amides is 2. The molecule has 0 atom stereocenters. The summed E-state index contributed by atoms with van der Waals surface area (Å²) in [6.07, 6.45) is 0.205. The molecule has 118 valence electrons. The van der Waals surface area contributed by atoms with Gasteiger partial charge in [-0.25, -0.2) is 8.42 Å². The molecule has 0 radical (unpaired) electrons. The van der Waals surface area contributed by atoms with Crippen LogP contribution in [0.2, 0.25) is 0 Å². The molecule has 0 aliphatic carbocycles. The maximum absolute atomic E-state index is 12.7. The Morgan fingerprint density at radius 1 is 1.05 bits per heavy atom. The minimum absolute atomic E-state index is 0.0562. The van der Waals surface area contributed by atoms with Crippen LogP contribution in [0.4, 0.5) is 5.69 Å². The molecule has 8 heteroatoms. The van der Waals surface area contributed by atoms with Crippen LogP contribution in [0.5, 0.6) is 0 Å². The number of anilines is 1. The van der Waals surface area contributed by atoms with Crippen molar-refractivity contribution in [3.05, 3.63) is 23.8 Å². The highest BCUT2D eigenvalue weighted by molar-refractivity contribution is 7.89. The molecule has 2 aliphatic heterocycles. The number of benzene rings is 1. The summed E-state index contributed by atoms with van der Waals surface area (Å²) < 4.78 is 26.5. The van der Waals surface area contributed by atoms with E-state index in [4.69, 9.17) is 0 Å². The first kappa shape index (κ1) is 15.0. The number of piperazine rings is 1. The molecule has 22 heavy (non-hydrogen) atoms. The minimum Gasteiger partial charge on any atom is -0.343 e. The van der Waals surface area contributed by atoms with Crippen molar-refractivity contribution in [2.24, 2.45) is 0 Å². The van der Waals surface area contributed by atoms with E-state index in [0.29, 0.717) is 12.1 Å². The predicted molar refractivity (Wildman–Crippen MR) is 80.0 cm³/mol. The third kappa shape index (κ3) is 2.28. The molecule has 0 saturated carbocycles. The Labute approximate surface area is 129 Å². The minimum atomic E-state index is -3.72. The van der Waals surface area contributed by atoms with Crippen LogP contribution in [0.3, 0.4) is 0 Å². The summed E-state index contributed by atoms with van der Waals surface area (Å²) in [6.45, 7) is 0.513. The Hall–Kier alpha value is -1.93. The fourth-order valence-electron chi connectivity index (χ4n) is 2.70. The fraction of sp³-hybridized carbons (Fsp3) is 0.429. The van der Waals surface area contributed by atoms with Gasteiger partial charge in [0.2, 0.25) is 21.8 Å². The standard InChI is InChI=1S/C14H17N3O4S/c1-15-5-6-17(9-14(15)19)22(20,21)11-3-4-12-10(7-11)8-13(18)16(12)2/h3-4,7H,5-6,8-9H2,1-2H3. The van der Waals surface area contributed by atoms with Crippen LogP contribution >= 0.6 is 0 Å². The first-order valence-electron chi connectivity index (χ1n) is 6.94. The van der Waals surface area contributed by atoms with Gasteiger partial charge in [0, 0.05) is 32.9 Å². The van der Waals surface area contributed by atoms with Gasteiger partial charge in [0.25, 0.3) is 0 Å². The lowest BCUT2D eigenvalue weighted by Crippen LogP contribution is -2.50. The summed E-state index contributed by atoms with van der Waals surface area (Å²) >= 11 is 0. The lowest BCUT2D eigenvalue weighted by Gasteiger charge is -2.31. The van der Waals surface area contributed by atoms with Crippen LogP contribution in [0, 0.1) is 0 Å². The first-order chi connectivity index (χ1) is 10.3. The van der Waals surface area contributed by atoms with E-state index in [-0.39, 0.29) is 36.2 Å². The molecule has 7 nitrogen and oxygen atoms in total. The van der Waals surface area contributed by atoms with E-state index in [1.807, 2.05) is 0 Å². The molecule has 0 aromatic heterocycles. The van der Waals surface area contributed by atoms with Crippen LogP contribution in [-0.4, -0.2) is 63.2 Å². The molecule has 1 aromatic rings. The molecule has 1 saturated heterocycles. The van der Waals surface area contributed by atoms with Gasteiger partial charge in [0.05, 0.1) is 17.9 Å². The van der Waals surface area contributed by atoms with Crippen molar-refractivity contribution in [2.75, 3.05) is 38.6 Å². The van der Waals surface area contributed by atoms with Crippen molar-refractivity contribution in [1.29, 1.82) is 0 Å². The first-order valence-corrected chi connectivity index (χ1v) is 8.38. The third-order valence-electron chi connectivity index (χ3n) is 4.19. The molecule has 0 bridgehead atoms. The van der Waals surface area contributed by atoms with Gasteiger partial charge in [-0.15, -0.1) is 0 Å². The van der Waals surface area contributed by atoms with Crippen molar-refractivity contribution in [3.63, 3.8) is 0 Å². The van der Waals surface area contributed by atoms with E-state index in [2.05, 4.69) is 0 Å². The van der Waals surface area contributed by atoms with E-state index in [0.717, 1.165) is 5.69 Å². The van der Waals surface area contributed by atoms with E-state index >= 15 is 0 Å². The largest absolute Gasteiger partial charge is 0.343 e. The number of hydrogen-bond acceptors (Lipinski definition) is 4. The quantitative estimate of drug-likeness (QED) is 0.746. The highest BCUT2D eigenvalue weighted by Crippen LogP contribution is 2.30. The average Bonchev–Trinajstić information content (AvgIpc) is 2.76. The van der Waals surface area contributed by atoms with E-state index in [1.165, 1.54) is 26.2 Å². The van der Waals surface area contributed by atoms with Gasteiger partial charge in [0.15, 0.2) is 0 Å².